The van der Waals surface area contributed by atoms with Crippen molar-refractivity contribution >= 4 is 43.9 Å². The molecule has 1 aliphatic rings. The first-order valence-electron chi connectivity index (χ1n) is 8.00. The van der Waals surface area contributed by atoms with Crippen LogP contribution in [0, 0.1) is 0 Å². The van der Waals surface area contributed by atoms with Crippen molar-refractivity contribution in [1.29, 1.82) is 0 Å². The molecule has 6 heteroatoms. The molecular formula is C18H16N2O2S2. The second kappa shape index (κ2) is 6.45. The van der Waals surface area contributed by atoms with E-state index in [1.54, 1.807) is 11.3 Å². The molecule has 2 aromatic heterocycles. The Labute approximate surface area is 147 Å². The molecule has 0 saturated carbocycles. The molecule has 4 rings (SSSR count). The zero-order valence-corrected chi connectivity index (χ0v) is 14.6. The van der Waals surface area contributed by atoms with Crippen molar-refractivity contribution in [1.82, 2.24) is 4.98 Å². The van der Waals surface area contributed by atoms with E-state index in [1.165, 1.54) is 16.9 Å². The molecule has 24 heavy (non-hydrogen) atoms. The summed E-state index contributed by atoms with van der Waals surface area (Å²) in [6.07, 6.45) is 4.61. The lowest BCUT2D eigenvalue weighted by Gasteiger charge is -2.09. The zero-order chi connectivity index (χ0) is 16.5. The summed E-state index contributed by atoms with van der Waals surface area (Å²) >= 11 is 2.63. The molecule has 1 aromatic carbocycles. The average molecular weight is 356 g/mol. The van der Waals surface area contributed by atoms with E-state index in [1.807, 2.05) is 30.3 Å². The van der Waals surface area contributed by atoms with Gasteiger partial charge in [-0.15, -0.1) is 11.3 Å². The topological polar surface area (TPSA) is 59.1 Å². The molecule has 0 bridgehead atoms. The van der Waals surface area contributed by atoms with Gasteiger partial charge in [0.25, 0.3) is 0 Å². The molecule has 0 unspecified atom stereocenters. The van der Waals surface area contributed by atoms with Crippen molar-refractivity contribution in [2.75, 3.05) is 5.32 Å². The van der Waals surface area contributed by atoms with Gasteiger partial charge in [-0.1, -0.05) is 41.7 Å². The lowest BCUT2D eigenvalue weighted by molar-refractivity contribution is -0.115. The monoisotopic (exact) mass is 356 g/mol. The van der Waals surface area contributed by atoms with Crippen LogP contribution >= 0.6 is 22.7 Å². The number of aromatic nitrogens is 1. The third kappa shape index (κ3) is 2.99. The number of hydrogen-bond acceptors (Lipinski definition) is 5. The fourth-order valence-corrected chi connectivity index (χ4v) is 5.28. The Morgan fingerprint density at radius 1 is 1.12 bits per heavy atom. The smallest absolute Gasteiger partial charge is 0.246 e. The minimum atomic E-state index is -0.148. The van der Waals surface area contributed by atoms with E-state index < -0.39 is 0 Å². The van der Waals surface area contributed by atoms with E-state index in [-0.39, 0.29) is 17.1 Å². The summed E-state index contributed by atoms with van der Waals surface area (Å²) < 4.78 is 0.00871. The predicted octanol–water partition coefficient (Wildman–Crippen LogP) is 3.78. The van der Waals surface area contributed by atoms with Crippen LogP contribution in [0.2, 0.25) is 0 Å². The number of carbonyl (C=O) groups is 1. The molecule has 0 saturated heterocycles. The van der Waals surface area contributed by atoms with E-state index in [2.05, 4.69) is 10.3 Å². The lowest BCUT2D eigenvalue weighted by atomic mass is 9.98. The van der Waals surface area contributed by atoms with Gasteiger partial charge in [-0.25, -0.2) is 4.98 Å². The number of thiophene rings is 1. The molecule has 0 spiro atoms. The molecule has 4 nitrogen and oxygen atoms in total. The summed E-state index contributed by atoms with van der Waals surface area (Å²) in [5, 5.41) is 3.95. The van der Waals surface area contributed by atoms with Crippen molar-refractivity contribution in [3.63, 3.8) is 0 Å². The van der Waals surface area contributed by atoms with Gasteiger partial charge in [0.2, 0.25) is 10.6 Å². The number of nitrogens with zero attached hydrogens (tertiary/aromatic N) is 1. The number of carbonyl (C=O) groups excluding carboxylic acids is 1. The van der Waals surface area contributed by atoms with Crippen molar-refractivity contribution in [2.24, 2.45) is 0 Å². The fraction of sp³-hybridized carbons (Fsp3) is 0.278. The molecular weight excluding hydrogens is 340 g/mol. The molecule has 0 atom stereocenters. The van der Waals surface area contributed by atoms with Gasteiger partial charge in [0, 0.05) is 4.88 Å². The zero-order valence-electron chi connectivity index (χ0n) is 13.0. The second-order valence-corrected chi connectivity index (χ2v) is 7.95. The van der Waals surface area contributed by atoms with Crippen LogP contribution in [0.25, 0.3) is 10.2 Å². The van der Waals surface area contributed by atoms with Gasteiger partial charge in [0.1, 0.15) is 4.83 Å². The molecule has 2 heterocycles. The minimum absolute atomic E-state index is 0.00871. The highest BCUT2D eigenvalue weighted by Crippen LogP contribution is 2.34. The van der Waals surface area contributed by atoms with Crippen LogP contribution in [-0.4, -0.2) is 10.9 Å². The molecule has 122 valence electrons. The fourth-order valence-electron chi connectivity index (χ4n) is 3.09. The number of hydrogen-bond donors (Lipinski definition) is 1. The van der Waals surface area contributed by atoms with Crippen LogP contribution in [0.15, 0.2) is 35.1 Å². The van der Waals surface area contributed by atoms with E-state index in [4.69, 9.17) is 0 Å². The minimum Gasteiger partial charge on any atom is -0.302 e. The Balaban J connectivity index is 1.61. The van der Waals surface area contributed by atoms with E-state index in [0.29, 0.717) is 5.13 Å². The Morgan fingerprint density at radius 2 is 1.92 bits per heavy atom. The summed E-state index contributed by atoms with van der Waals surface area (Å²) in [7, 11) is 0. The van der Waals surface area contributed by atoms with E-state index >= 15 is 0 Å². The highest BCUT2D eigenvalue weighted by atomic mass is 32.1. The number of aryl methyl sites for hydroxylation is 2. The number of amides is 1. The third-order valence-electron chi connectivity index (χ3n) is 4.20. The maximum Gasteiger partial charge on any atom is 0.246 e. The van der Waals surface area contributed by atoms with Gasteiger partial charge in [0.05, 0.1) is 11.8 Å². The molecule has 1 amide bonds. The highest BCUT2D eigenvalue weighted by molar-refractivity contribution is 7.20. The summed E-state index contributed by atoms with van der Waals surface area (Å²) in [6.45, 7) is 0. The van der Waals surface area contributed by atoms with Crippen LogP contribution in [0.1, 0.15) is 28.8 Å². The average Bonchev–Trinajstić information content (AvgIpc) is 2.94. The van der Waals surface area contributed by atoms with Crippen molar-refractivity contribution < 1.29 is 4.79 Å². The van der Waals surface area contributed by atoms with Crippen LogP contribution in [0.3, 0.4) is 0 Å². The molecule has 3 aromatic rings. The lowest BCUT2D eigenvalue weighted by Crippen LogP contribution is -2.15. The third-order valence-corrected chi connectivity index (χ3v) is 6.17. The van der Waals surface area contributed by atoms with Gasteiger partial charge < -0.3 is 5.32 Å². The molecule has 1 aliphatic carbocycles. The van der Waals surface area contributed by atoms with Crippen molar-refractivity contribution in [3.8, 4) is 0 Å². The number of fused-ring (bicyclic) bond motifs is 3. The summed E-state index contributed by atoms with van der Waals surface area (Å²) in [5.41, 5.74) is 2.13. The number of nitrogens with one attached hydrogen (secondary N) is 1. The molecule has 0 aliphatic heterocycles. The van der Waals surface area contributed by atoms with Crippen LogP contribution < -0.4 is 10.1 Å². The maximum absolute atomic E-state index is 12.5. The van der Waals surface area contributed by atoms with Gasteiger partial charge in [-0.2, -0.15) is 0 Å². The van der Waals surface area contributed by atoms with Gasteiger partial charge >= 0.3 is 0 Å². The Morgan fingerprint density at radius 3 is 2.75 bits per heavy atom. The highest BCUT2D eigenvalue weighted by Gasteiger charge is 2.20. The second-order valence-electron chi connectivity index (χ2n) is 5.91. The van der Waals surface area contributed by atoms with Gasteiger partial charge in [0.15, 0.2) is 5.13 Å². The molecule has 0 fully saturated rings. The standard InChI is InChI=1S/C18H16N2O2S2/c21-14(10-11-6-2-1-3-7-11)19-18-20-16-15(17(22)24-18)12-8-4-5-9-13(12)23-16/h1-3,6-7H,4-5,8-10H2,(H,19,20,21). The van der Waals surface area contributed by atoms with Gasteiger partial charge in [-0.3, -0.25) is 9.59 Å². The van der Waals surface area contributed by atoms with Crippen LogP contribution in [0.5, 0.6) is 0 Å². The summed E-state index contributed by atoms with van der Waals surface area (Å²) in [6, 6.07) is 9.54. The molecule has 1 N–H and O–H groups in total. The summed E-state index contributed by atoms with van der Waals surface area (Å²) in [5.74, 6) is -0.148. The quantitative estimate of drug-likeness (QED) is 0.777. The first kappa shape index (κ1) is 15.5. The van der Waals surface area contributed by atoms with Crippen molar-refractivity contribution in [3.05, 3.63) is 55.9 Å². The largest absolute Gasteiger partial charge is 0.302 e. The number of anilines is 1. The van der Waals surface area contributed by atoms with Gasteiger partial charge in [-0.05, 0) is 36.8 Å². The maximum atomic E-state index is 12.5. The number of rotatable bonds is 3. The molecule has 0 radical (unpaired) electrons. The van der Waals surface area contributed by atoms with Crippen molar-refractivity contribution in [2.45, 2.75) is 32.1 Å². The normalized spacial score (nSPS) is 13.7. The van der Waals surface area contributed by atoms with Crippen LogP contribution in [-0.2, 0) is 24.1 Å². The Hall–Kier alpha value is -2.05. The van der Waals surface area contributed by atoms with Crippen LogP contribution in [0.4, 0.5) is 5.13 Å². The Kier molecular flexibility index (Phi) is 4.16. The Bertz CT molecular complexity index is 960. The first-order valence-corrected chi connectivity index (χ1v) is 9.63. The predicted molar refractivity (Wildman–Crippen MR) is 99.2 cm³/mol. The summed E-state index contributed by atoms with van der Waals surface area (Å²) in [4.78, 5) is 31.3. The van der Waals surface area contributed by atoms with E-state index in [9.17, 15) is 9.59 Å². The SMILES string of the molecule is O=C(Cc1ccccc1)Nc1nc2sc3c(c2c(=O)s1)CCCC3. The first-order chi connectivity index (χ1) is 11.7. The number of benzene rings is 1. The van der Waals surface area contributed by atoms with E-state index in [0.717, 1.165) is 46.4 Å².